The van der Waals surface area contributed by atoms with E-state index in [1.54, 1.807) is 6.92 Å². The third-order valence-corrected chi connectivity index (χ3v) is 3.36. The number of unbranched alkanes of at least 4 members (excludes halogenated alkanes) is 1. The van der Waals surface area contributed by atoms with Crippen LogP contribution in [0.2, 0.25) is 0 Å². The van der Waals surface area contributed by atoms with Gasteiger partial charge in [0.1, 0.15) is 5.75 Å². The van der Waals surface area contributed by atoms with Crippen molar-refractivity contribution in [3.05, 3.63) is 29.8 Å². The Labute approximate surface area is 116 Å². The highest BCUT2D eigenvalue weighted by atomic mass is 16.5. The number of benzene rings is 1. The Hall–Kier alpha value is -1.06. The van der Waals surface area contributed by atoms with Crippen LogP contribution in [0.1, 0.15) is 51.5 Å². The minimum atomic E-state index is -0.737. The molecule has 0 aliphatic carbocycles. The number of hydrogen-bond donors (Lipinski definition) is 2. The van der Waals surface area contributed by atoms with E-state index >= 15 is 0 Å². The molecule has 0 radical (unpaired) electrons. The topological polar surface area (TPSA) is 55.5 Å². The summed E-state index contributed by atoms with van der Waals surface area (Å²) in [7, 11) is 0. The molecule has 1 unspecified atom stereocenters. The summed E-state index contributed by atoms with van der Waals surface area (Å²) in [6, 6.07) is 8.26. The number of hydrogen-bond acceptors (Lipinski definition) is 3. The molecule has 3 N–H and O–H groups in total. The molecule has 1 rings (SSSR count). The smallest absolute Gasteiger partial charge is 0.119 e. The average molecular weight is 265 g/mol. The van der Waals surface area contributed by atoms with Crippen molar-refractivity contribution in [1.82, 2.24) is 0 Å². The highest BCUT2D eigenvalue weighted by molar-refractivity contribution is 5.28. The van der Waals surface area contributed by atoms with Gasteiger partial charge in [-0.05, 0) is 49.8 Å². The van der Waals surface area contributed by atoms with Gasteiger partial charge in [0.15, 0.2) is 0 Å². The zero-order chi connectivity index (χ0) is 14.3. The minimum absolute atomic E-state index is 0.310. The van der Waals surface area contributed by atoms with Crippen LogP contribution in [-0.4, -0.2) is 23.9 Å². The van der Waals surface area contributed by atoms with Crippen molar-refractivity contribution in [3.8, 4) is 5.75 Å². The Kier molecular flexibility index (Phi) is 6.32. The molecule has 0 spiro atoms. The van der Waals surface area contributed by atoms with E-state index in [0.717, 1.165) is 25.0 Å². The van der Waals surface area contributed by atoms with Gasteiger partial charge in [0.25, 0.3) is 0 Å². The lowest BCUT2D eigenvalue weighted by molar-refractivity contribution is 0.0562. The van der Waals surface area contributed by atoms with E-state index < -0.39 is 5.60 Å². The molecule has 0 aromatic heterocycles. The second-order valence-electron chi connectivity index (χ2n) is 5.73. The maximum Gasteiger partial charge on any atom is 0.119 e. The van der Waals surface area contributed by atoms with Crippen LogP contribution in [0.4, 0.5) is 0 Å². The van der Waals surface area contributed by atoms with Crippen molar-refractivity contribution in [3.63, 3.8) is 0 Å². The number of nitrogens with two attached hydrogens (primary N) is 1. The Morgan fingerprint density at radius 2 is 1.84 bits per heavy atom. The van der Waals surface area contributed by atoms with Gasteiger partial charge in [-0.1, -0.05) is 26.0 Å². The van der Waals surface area contributed by atoms with Crippen LogP contribution < -0.4 is 10.5 Å². The van der Waals surface area contributed by atoms with E-state index in [4.69, 9.17) is 10.5 Å². The molecule has 0 saturated carbocycles. The Morgan fingerprint density at radius 3 is 2.37 bits per heavy atom. The fourth-order valence-corrected chi connectivity index (χ4v) is 1.85. The van der Waals surface area contributed by atoms with Gasteiger partial charge >= 0.3 is 0 Å². The van der Waals surface area contributed by atoms with Gasteiger partial charge in [0, 0.05) is 6.54 Å². The summed E-state index contributed by atoms with van der Waals surface area (Å²) in [5, 5.41) is 9.76. The Bertz CT molecular complexity index is 358. The van der Waals surface area contributed by atoms with E-state index in [9.17, 15) is 5.11 Å². The summed E-state index contributed by atoms with van der Waals surface area (Å²) in [6.07, 6.45) is 2.58. The quantitative estimate of drug-likeness (QED) is 0.710. The summed E-state index contributed by atoms with van der Waals surface area (Å²) < 4.78 is 5.68. The zero-order valence-electron chi connectivity index (χ0n) is 12.4. The lowest BCUT2D eigenvalue weighted by atomic mass is 10.00. The number of ether oxygens (including phenoxy) is 1. The lowest BCUT2D eigenvalue weighted by Gasteiger charge is -2.20. The standard InChI is InChI=1S/C16H27NO2/c1-13(2)14-6-8-15(9-7-14)19-11-5-4-10-16(3,18)12-17/h6-9,13,18H,4-5,10-12,17H2,1-3H3. The molecule has 19 heavy (non-hydrogen) atoms. The first-order valence-corrected chi connectivity index (χ1v) is 7.10. The summed E-state index contributed by atoms with van der Waals surface area (Å²) >= 11 is 0. The Balaban J connectivity index is 2.23. The summed E-state index contributed by atoms with van der Waals surface area (Å²) in [6.45, 7) is 7.13. The van der Waals surface area contributed by atoms with Crippen molar-refractivity contribution >= 4 is 0 Å². The first-order valence-electron chi connectivity index (χ1n) is 7.10. The maximum absolute atomic E-state index is 9.76. The summed E-state index contributed by atoms with van der Waals surface area (Å²) in [5.41, 5.74) is 6.06. The Morgan fingerprint density at radius 1 is 1.21 bits per heavy atom. The van der Waals surface area contributed by atoms with Crippen molar-refractivity contribution in [1.29, 1.82) is 0 Å². The monoisotopic (exact) mass is 265 g/mol. The van der Waals surface area contributed by atoms with Crippen LogP contribution in [0.3, 0.4) is 0 Å². The molecular formula is C16H27NO2. The number of rotatable bonds is 8. The largest absolute Gasteiger partial charge is 0.494 e. The van der Waals surface area contributed by atoms with Crippen LogP contribution in [0, 0.1) is 0 Å². The maximum atomic E-state index is 9.76. The molecule has 0 fully saturated rings. The highest BCUT2D eigenvalue weighted by Crippen LogP contribution is 2.19. The van der Waals surface area contributed by atoms with Crippen LogP contribution in [0.25, 0.3) is 0 Å². The predicted molar refractivity (Wildman–Crippen MR) is 79.6 cm³/mol. The van der Waals surface area contributed by atoms with Crippen LogP contribution >= 0.6 is 0 Å². The van der Waals surface area contributed by atoms with E-state index in [1.807, 2.05) is 12.1 Å². The molecule has 1 atom stereocenters. The van der Waals surface area contributed by atoms with Crippen LogP contribution in [0.15, 0.2) is 24.3 Å². The van der Waals surface area contributed by atoms with Gasteiger partial charge in [-0.15, -0.1) is 0 Å². The molecule has 0 amide bonds. The summed E-state index contributed by atoms with van der Waals surface area (Å²) in [4.78, 5) is 0. The molecule has 1 aromatic rings. The van der Waals surface area contributed by atoms with Gasteiger partial charge in [-0.2, -0.15) is 0 Å². The van der Waals surface area contributed by atoms with Crippen molar-refractivity contribution in [2.24, 2.45) is 5.73 Å². The van der Waals surface area contributed by atoms with E-state index in [0.29, 0.717) is 19.1 Å². The lowest BCUT2D eigenvalue weighted by Crippen LogP contribution is -2.33. The molecule has 0 saturated heterocycles. The van der Waals surface area contributed by atoms with Gasteiger partial charge < -0.3 is 15.6 Å². The van der Waals surface area contributed by atoms with Gasteiger partial charge in [0.05, 0.1) is 12.2 Å². The molecule has 0 bridgehead atoms. The van der Waals surface area contributed by atoms with Crippen LogP contribution in [-0.2, 0) is 0 Å². The van der Waals surface area contributed by atoms with E-state index in [-0.39, 0.29) is 0 Å². The number of aliphatic hydroxyl groups is 1. The molecular weight excluding hydrogens is 238 g/mol. The zero-order valence-corrected chi connectivity index (χ0v) is 12.4. The van der Waals surface area contributed by atoms with Gasteiger partial charge in [-0.25, -0.2) is 0 Å². The van der Waals surface area contributed by atoms with Gasteiger partial charge in [0.2, 0.25) is 0 Å². The SMILES string of the molecule is CC(C)c1ccc(OCCCCC(C)(O)CN)cc1. The fourth-order valence-electron chi connectivity index (χ4n) is 1.85. The van der Waals surface area contributed by atoms with E-state index in [2.05, 4.69) is 26.0 Å². The second-order valence-corrected chi connectivity index (χ2v) is 5.73. The molecule has 1 aromatic carbocycles. The average Bonchev–Trinajstić information content (AvgIpc) is 2.39. The second kappa shape index (κ2) is 7.51. The summed E-state index contributed by atoms with van der Waals surface area (Å²) in [5.74, 6) is 1.46. The van der Waals surface area contributed by atoms with Gasteiger partial charge in [-0.3, -0.25) is 0 Å². The highest BCUT2D eigenvalue weighted by Gasteiger charge is 2.16. The van der Waals surface area contributed by atoms with Crippen molar-refractivity contribution in [2.45, 2.75) is 51.6 Å². The van der Waals surface area contributed by atoms with Crippen LogP contribution in [0.5, 0.6) is 5.75 Å². The molecule has 0 aliphatic heterocycles. The molecule has 3 nitrogen and oxygen atoms in total. The van der Waals surface area contributed by atoms with E-state index in [1.165, 1.54) is 5.56 Å². The fraction of sp³-hybridized carbons (Fsp3) is 0.625. The molecule has 0 aliphatic rings. The third-order valence-electron chi connectivity index (χ3n) is 3.36. The normalized spacial score (nSPS) is 14.4. The predicted octanol–water partition coefficient (Wildman–Crippen LogP) is 3.07. The first kappa shape index (κ1) is 16.0. The minimum Gasteiger partial charge on any atom is -0.494 e. The molecule has 0 heterocycles. The first-order chi connectivity index (χ1) is 8.94. The van der Waals surface area contributed by atoms with Crippen molar-refractivity contribution in [2.75, 3.05) is 13.2 Å². The van der Waals surface area contributed by atoms with Crippen molar-refractivity contribution < 1.29 is 9.84 Å². The molecule has 3 heteroatoms. The molecule has 108 valence electrons. The third kappa shape index (κ3) is 6.08.